The summed E-state index contributed by atoms with van der Waals surface area (Å²) in [7, 11) is 0. The molecule has 2 heterocycles. The van der Waals surface area contributed by atoms with E-state index in [1.807, 2.05) is 17.4 Å². The third-order valence-electron chi connectivity index (χ3n) is 14.0. The second-order valence-electron chi connectivity index (χ2n) is 20.5. The van der Waals surface area contributed by atoms with Crippen LogP contribution in [0.15, 0.2) is 217 Å². The average molecular weight is 908 g/mol. The highest BCUT2D eigenvalue weighted by molar-refractivity contribution is 7.25. The van der Waals surface area contributed by atoms with E-state index in [2.05, 4.69) is 253 Å². The summed E-state index contributed by atoms with van der Waals surface area (Å²) < 4.78 is 9.11. The number of para-hydroxylation sites is 3. The molecule has 0 unspecified atom stereocenters. The van der Waals surface area contributed by atoms with Crippen molar-refractivity contribution < 1.29 is 4.42 Å². The average Bonchev–Trinajstić information content (AvgIpc) is 3.94. The number of rotatable bonds is 7. The summed E-state index contributed by atoms with van der Waals surface area (Å²) in [6.07, 6.45) is 0. The SMILES string of the molecule is CC(C)(C)c1cc(-c2cccc3cccc(-c4ccccc4N(c4cccc(-c5cccc6sc7ccccc7c56)c4)c4ccccc4-c4ccc5c(c4)oc4ccccc45)c23)cc(C(C)(C)C)c1. The molecule has 0 saturated heterocycles. The zero-order valence-electron chi connectivity index (χ0n) is 40.0. The minimum Gasteiger partial charge on any atom is -0.456 e. The molecule has 2 aromatic heterocycles. The molecule has 10 aromatic carbocycles. The number of benzene rings is 10. The van der Waals surface area contributed by atoms with Crippen LogP contribution < -0.4 is 4.90 Å². The molecule has 0 spiro atoms. The Bertz CT molecular complexity index is 3910. The molecule has 0 N–H and O–H groups in total. The summed E-state index contributed by atoms with van der Waals surface area (Å²) in [5.41, 5.74) is 17.1. The lowest BCUT2D eigenvalue weighted by Gasteiger charge is -2.30. The smallest absolute Gasteiger partial charge is 0.136 e. The molecule has 0 fully saturated rings. The van der Waals surface area contributed by atoms with E-state index in [-0.39, 0.29) is 10.8 Å². The van der Waals surface area contributed by atoms with Gasteiger partial charge in [-0.05, 0) is 121 Å². The molecule has 12 aromatic rings. The maximum atomic E-state index is 6.51. The third-order valence-corrected chi connectivity index (χ3v) is 15.1. The van der Waals surface area contributed by atoms with Gasteiger partial charge in [0.25, 0.3) is 0 Å². The Kier molecular flexibility index (Phi) is 10.2. The Morgan fingerprint density at radius 3 is 1.67 bits per heavy atom. The molecule has 334 valence electrons. The van der Waals surface area contributed by atoms with Crippen LogP contribution in [0.3, 0.4) is 0 Å². The number of thiophene rings is 1. The van der Waals surface area contributed by atoms with E-state index < -0.39 is 0 Å². The normalized spacial score (nSPS) is 12.2. The van der Waals surface area contributed by atoms with E-state index in [9.17, 15) is 0 Å². The first-order valence-electron chi connectivity index (χ1n) is 24.1. The van der Waals surface area contributed by atoms with Crippen LogP contribution in [0, 0.1) is 0 Å². The van der Waals surface area contributed by atoms with Crippen LogP contribution in [0.25, 0.3) is 97.4 Å². The number of furan rings is 1. The van der Waals surface area contributed by atoms with Crippen LogP contribution in [-0.2, 0) is 10.8 Å². The highest BCUT2D eigenvalue weighted by Crippen LogP contribution is 2.49. The number of hydrogen-bond acceptors (Lipinski definition) is 3. The standard InChI is InChI=1S/C66H53NOS/c1-65(2,3)46-37-45(38-47(41-46)66(4,5)6)51-27-16-19-42-20-17-29-55(63(42)51)52-24-8-12-31-58(52)67(48-22-15-21-43(39-48)50-28-18-34-62-64(50)56-26-10-14-33-61(56)69-62)57-30-11-7-23-49(57)44-35-36-54-53-25-9-13-32-59(53)68-60(54)40-44/h7-41H,1-6H3. The molecule has 0 aliphatic rings. The number of nitrogens with zero attached hydrogens (tertiary/aromatic N) is 1. The quantitative estimate of drug-likeness (QED) is 0.158. The summed E-state index contributed by atoms with van der Waals surface area (Å²) in [6, 6.07) is 78.4. The molecule has 0 atom stereocenters. The molecule has 2 nitrogen and oxygen atoms in total. The topological polar surface area (TPSA) is 16.4 Å². The van der Waals surface area contributed by atoms with E-state index in [1.54, 1.807) is 0 Å². The maximum absolute atomic E-state index is 6.51. The van der Waals surface area contributed by atoms with E-state index in [0.717, 1.165) is 55.7 Å². The van der Waals surface area contributed by atoms with Crippen molar-refractivity contribution in [3.8, 4) is 44.5 Å². The van der Waals surface area contributed by atoms with Crippen molar-refractivity contribution in [2.75, 3.05) is 4.90 Å². The number of hydrogen-bond donors (Lipinski definition) is 0. The van der Waals surface area contributed by atoms with Crippen LogP contribution >= 0.6 is 11.3 Å². The van der Waals surface area contributed by atoms with Crippen LogP contribution in [0.2, 0.25) is 0 Å². The zero-order chi connectivity index (χ0) is 47.0. The summed E-state index contributed by atoms with van der Waals surface area (Å²) in [4.78, 5) is 2.49. The molecule has 0 bridgehead atoms. The third kappa shape index (κ3) is 7.50. The van der Waals surface area contributed by atoms with E-state index >= 15 is 0 Å². The monoisotopic (exact) mass is 907 g/mol. The van der Waals surface area contributed by atoms with Gasteiger partial charge in [0, 0.05) is 47.8 Å². The van der Waals surface area contributed by atoms with Gasteiger partial charge in [0.1, 0.15) is 11.2 Å². The fraction of sp³-hybridized carbons (Fsp3) is 0.121. The fourth-order valence-electron chi connectivity index (χ4n) is 10.4. The Morgan fingerprint density at radius 1 is 0.362 bits per heavy atom. The Hall–Kier alpha value is -7.72. The van der Waals surface area contributed by atoms with Crippen molar-refractivity contribution in [1.29, 1.82) is 0 Å². The van der Waals surface area contributed by atoms with E-state index in [1.165, 1.54) is 69.9 Å². The van der Waals surface area contributed by atoms with Gasteiger partial charge in [-0.15, -0.1) is 11.3 Å². The summed E-state index contributed by atoms with van der Waals surface area (Å²) >= 11 is 1.86. The highest BCUT2D eigenvalue weighted by Gasteiger charge is 2.25. The Morgan fingerprint density at radius 2 is 0.913 bits per heavy atom. The Labute approximate surface area is 408 Å². The predicted molar refractivity (Wildman–Crippen MR) is 298 cm³/mol. The fourth-order valence-corrected chi connectivity index (χ4v) is 11.5. The molecule has 3 heteroatoms. The van der Waals surface area contributed by atoms with Crippen molar-refractivity contribution >= 4 is 81.3 Å². The molecule has 69 heavy (non-hydrogen) atoms. The minimum absolute atomic E-state index is 0.0184. The van der Waals surface area contributed by atoms with Gasteiger partial charge in [-0.25, -0.2) is 0 Å². The van der Waals surface area contributed by atoms with Crippen LogP contribution in [0.1, 0.15) is 52.7 Å². The molecule has 0 aliphatic carbocycles. The van der Waals surface area contributed by atoms with Gasteiger partial charge in [0.15, 0.2) is 0 Å². The van der Waals surface area contributed by atoms with Crippen LogP contribution in [0.4, 0.5) is 17.1 Å². The predicted octanol–water partition coefficient (Wildman–Crippen LogP) is 19.8. The second-order valence-corrected chi connectivity index (χ2v) is 21.6. The van der Waals surface area contributed by atoms with Crippen molar-refractivity contribution in [3.63, 3.8) is 0 Å². The Balaban J connectivity index is 1.11. The molecular formula is C66H53NOS. The summed E-state index contributed by atoms with van der Waals surface area (Å²) in [6.45, 7) is 13.9. The summed E-state index contributed by atoms with van der Waals surface area (Å²) in [5.74, 6) is 0. The van der Waals surface area contributed by atoms with E-state index in [0.29, 0.717) is 0 Å². The van der Waals surface area contributed by atoms with E-state index in [4.69, 9.17) is 4.42 Å². The zero-order valence-corrected chi connectivity index (χ0v) is 40.8. The minimum atomic E-state index is -0.0184. The van der Waals surface area contributed by atoms with Gasteiger partial charge in [-0.1, -0.05) is 199 Å². The molecule has 0 amide bonds. The van der Waals surface area contributed by atoms with Gasteiger partial charge in [-0.2, -0.15) is 0 Å². The molecule has 0 saturated carbocycles. The number of anilines is 3. The lowest BCUT2D eigenvalue weighted by Crippen LogP contribution is -2.16. The van der Waals surface area contributed by atoms with Crippen molar-refractivity contribution in [2.45, 2.75) is 52.4 Å². The van der Waals surface area contributed by atoms with Crippen LogP contribution in [-0.4, -0.2) is 0 Å². The first kappa shape index (κ1) is 42.6. The lowest BCUT2D eigenvalue weighted by atomic mass is 9.78. The van der Waals surface area contributed by atoms with Gasteiger partial charge in [0.2, 0.25) is 0 Å². The van der Waals surface area contributed by atoms with Crippen molar-refractivity contribution in [3.05, 3.63) is 223 Å². The first-order valence-corrected chi connectivity index (χ1v) is 24.9. The largest absolute Gasteiger partial charge is 0.456 e. The maximum Gasteiger partial charge on any atom is 0.136 e. The highest BCUT2D eigenvalue weighted by atomic mass is 32.1. The second kappa shape index (κ2) is 16.5. The van der Waals surface area contributed by atoms with Gasteiger partial charge < -0.3 is 9.32 Å². The van der Waals surface area contributed by atoms with Crippen molar-refractivity contribution in [2.24, 2.45) is 0 Å². The molecular weight excluding hydrogens is 855 g/mol. The first-order chi connectivity index (χ1) is 33.5. The number of fused-ring (bicyclic) bond motifs is 7. The molecule has 0 radical (unpaired) electrons. The molecule has 12 rings (SSSR count). The summed E-state index contributed by atoms with van der Waals surface area (Å²) in [5, 5.41) is 7.29. The van der Waals surface area contributed by atoms with Crippen LogP contribution in [0.5, 0.6) is 0 Å². The van der Waals surface area contributed by atoms with Gasteiger partial charge in [-0.3, -0.25) is 0 Å². The van der Waals surface area contributed by atoms with Gasteiger partial charge >= 0.3 is 0 Å². The molecule has 0 aliphatic heterocycles. The lowest BCUT2D eigenvalue weighted by molar-refractivity contribution is 0.569. The van der Waals surface area contributed by atoms with Gasteiger partial charge in [0.05, 0.1) is 11.4 Å². The van der Waals surface area contributed by atoms with Crippen molar-refractivity contribution in [1.82, 2.24) is 0 Å².